The number of rotatable bonds is 9. The van der Waals surface area contributed by atoms with Crippen molar-refractivity contribution in [2.24, 2.45) is 0 Å². The molecule has 0 heterocycles. The SMILES string of the molecule is Cc1ccc(S(=O)(=O)N(C)Cc2ccc(C(=O)NNC(=O)c3cccc(NS(=O)(=O)c4cc(C(C)(C)C)ccc4C)c3)cc2)cc1. The van der Waals surface area contributed by atoms with Crippen LogP contribution in [0.25, 0.3) is 0 Å². The van der Waals surface area contributed by atoms with E-state index in [2.05, 4.69) is 15.6 Å². The fraction of sp³-hybridized carbons (Fsp3) is 0.235. The molecule has 0 spiro atoms. The molecule has 2 amide bonds. The molecule has 0 bridgehead atoms. The third-order valence-electron chi connectivity index (χ3n) is 7.36. The molecule has 4 rings (SSSR count). The number of carbonyl (C=O) groups is 2. The number of amides is 2. The molecule has 10 nitrogen and oxygen atoms in total. The van der Waals surface area contributed by atoms with Gasteiger partial charge in [-0.1, -0.05) is 68.8 Å². The van der Waals surface area contributed by atoms with Gasteiger partial charge in [-0.2, -0.15) is 4.31 Å². The Hall–Kier alpha value is -4.52. The van der Waals surface area contributed by atoms with Crippen molar-refractivity contribution >= 4 is 37.5 Å². The minimum absolute atomic E-state index is 0.0938. The van der Waals surface area contributed by atoms with Gasteiger partial charge in [-0.3, -0.25) is 25.2 Å². The molecule has 242 valence electrons. The van der Waals surface area contributed by atoms with E-state index < -0.39 is 31.9 Å². The third kappa shape index (κ3) is 8.19. The van der Waals surface area contributed by atoms with E-state index in [0.29, 0.717) is 11.1 Å². The van der Waals surface area contributed by atoms with Crippen molar-refractivity contribution in [2.45, 2.75) is 56.4 Å². The standard InChI is InChI=1S/C34H38N4O6S2/c1-23-10-18-30(19-11-23)46(43,44)38(6)22-25-13-15-26(16-14-25)32(39)35-36-33(40)27-8-7-9-29(20-27)37-45(41,42)31-21-28(34(3,4)5)17-12-24(31)2/h7-21,37H,22H2,1-6H3,(H,35,39)(H,36,40). The van der Waals surface area contributed by atoms with Gasteiger partial charge >= 0.3 is 0 Å². The number of carbonyl (C=O) groups excluding carboxylic acids is 2. The summed E-state index contributed by atoms with van der Waals surface area (Å²) in [6.45, 7) is 9.69. The zero-order valence-electron chi connectivity index (χ0n) is 26.6. The van der Waals surface area contributed by atoms with Gasteiger partial charge in [0.1, 0.15) is 0 Å². The second-order valence-electron chi connectivity index (χ2n) is 12.1. The van der Waals surface area contributed by atoms with E-state index in [-0.39, 0.29) is 38.6 Å². The summed E-state index contributed by atoms with van der Waals surface area (Å²) in [6.07, 6.45) is 0. The number of hydrazine groups is 1. The largest absolute Gasteiger partial charge is 0.280 e. The van der Waals surface area contributed by atoms with E-state index >= 15 is 0 Å². The number of anilines is 1. The smallest absolute Gasteiger partial charge is 0.269 e. The maximum atomic E-state index is 13.3. The second kappa shape index (κ2) is 13.5. The van der Waals surface area contributed by atoms with Crippen molar-refractivity contribution in [1.82, 2.24) is 15.2 Å². The Morgan fingerprint density at radius 3 is 1.96 bits per heavy atom. The molecular weight excluding hydrogens is 625 g/mol. The molecule has 0 aromatic heterocycles. The third-order valence-corrected chi connectivity index (χ3v) is 10.7. The maximum Gasteiger partial charge on any atom is 0.269 e. The molecule has 12 heteroatoms. The van der Waals surface area contributed by atoms with Crippen LogP contribution >= 0.6 is 0 Å². The predicted octanol–water partition coefficient (Wildman–Crippen LogP) is 5.30. The Bertz CT molecular complexity index is 1970. The van der Waals surface area contributed by atoms with Crippen LogP contribution in [-0.4, -0.2) is 40.0 Å². The van der Waals surface area contributed by atoms with E-state index in [1.54, 1.807) is 55.5 Å². The number of hydrogen-bond donors (Lipinski definition) is 3. The number of nitrogens with one attached hydrogen (secondary N) is 3. The van der Waals surface area contributed by atoms with Crippen molar-refractivity contribution in [3.63, 3.8) is 0 Å². The molecule has 0 aliphatic rings. The van der Waals surface area contributed by atoms with Crippen LogP contribution < -0.4 is 15.6 Å². The molecule has 0 aliphatic carbocycles. The van der Waals surface area contributed by atoms with Crippen LogP contribution in [0.4, 0.5) is 5.69 Å². The quantitative estimate of drug-likeness (QED) is 0.208. The molecule has 0 atom stereocenters. The summed E-state index contributed by atoms with van der Waals surface area (Å²) in [5.74, 6) is -1.24. The predicted molar refractivity (Wildman–Crippen MR) is 178 cm³/mol. The first-order valence-corrected chi connectivity index (χ1v) is 17.4. The fourth-order valence-corrected chi connectivity index (χ4v) is 7.02. The van der Waals surface area contributed by atoms with Gasteiger partial charge < -0.3 is 0 Å². The van der Waals surface area contributed by atoms with E-state index in [9.17, 15) is 26.4 Å². The van der Waals surface area contributed by atoms with Crippen LogP contribution in [0.3, 0.4) is 0 Å². The molecule has 0 fully saturated rings. The zero-order chi connectivity index (χ0) is 33.9. The van der Waals surface area contributed by atoms with Gasteiger partial charge in [-0.05, 0) is 84.5 Å². The highest BCUT2D eigenvalue weighted by Gasteiger charge is 2.23. The highest BCUT2D eigenvalue weighted by Crippen LogP contribution is 2.28. The Morgan fingerprint density at radius 2 is 1.35 bits per heavy atom. The summed E-state index contributed by atoms with van der Waals surface area (Å²) in [7, 11) is -6.16. The van der Waals surface area contributed by atoms with E-state index in [1.165, 1.54) is 47.8 Å². The molecule has 0 saturated carbocycles. The van der Waals surface area contributed by atoms with Gasteiger partial charge in [0, 0.05) is 30.4 Å². The van der Waals surface area contributed by atoms with E-state index in [0.717, 1.165) is 11.1 Å². The Labute approximate surface area is 270 Å². The first-order chi connectivity index (χ1) is 21.5. The molecule has 3 N–H and O–H groups in total. The summed E-state index contributed by atoms with van der Waals surface area (Å²) in [4.78, 5) is 25.9. The van der Waals surface area contributed by atoms with E-state index in [4.69, 9.17) is 0 Å². The Balaban J connectivity index is 1.37. The Morgan fingerprint density at radius 1 is 0.739 bits per heavy atom. The van der Waals surface area contributed by atoms with Crippen LogP contribution in [0.2, 0.25) is 0 Å². The molecule has 4 aromatic carbocycles. The molecular formula is C34H38N4O6S2. The van der Waals surface area contributed by atoms with Gasteiger partial charge in [0.05, 0.1) is 9.79 Å². The van der Waals surface area contributed by atoms with Gasteiger partial charge in [-0.15, -0.1) is 0 Å². The van der Waals surface area contributed by atoms with Crippen LogP contribution in [0.15, 0.2) is 101 Å². The number of sulfonamides is 2. The summed E-state index contributed by atoms with van der Waals surface area (Å²) < 4.78 is 56.1. The number of hydrogen-bond acceptors (Lipinski definition) is 6. The molecule has 46 heavy (non-hydrogen) atoms. The normalized spacial score (nSPS) is 12.1. The van der Waals surface area contributed by atoms with Crippen molar-refractivity contribution < 1.29 is 26.4 Å². The van der Waals surface area contributed by atoms with Gasteiger partial charge in [0.15, 0.2) is 0 Å². The molecule has 0 aliphatic heterocycles. The maximum absolute atomic E-state index is 13.3. The van der Waals surface area contributed by atoms with Crippen LogP contribution in [0, 0.1) is 13.8 Å². The summed E-state index contributed by atoms with van der Waals surface area (Å²) >= 11 is 0. The second-order valence-corrected chi connectivity index (χ2v) is 15.8. The lowest BCUT2D eigenvalue weighted by Gasteiger charge is -2.21. The number of aryl methyl sites for hydroxylation is 2. The summed E-state index contributed by atoms with van der Waals surface area (Å²) in [5, 5.41) is 0. The highest BCUT2D eigenvalue weighted by molar-refractivity contribution is 7.92. The lowest BCUT2D eigenvalue weighted by Crippen LogP contribution is -2.41. The van der Waals surface area contributed by atoms with Crippen molar-refractivity contribution in [3.05, 3.63) is 124 Å². The lowest BCUT2D eigenvalue weighted by molar-refractivity contribution is 0.0846. The Kier molecular flexibility index (Phi) is 10.0. The van der Waals surface area contributed by atoms with Crippen LogP contribution in [-0.2, 0) is 32.0 Å². The van der Waals surface area contributed by atoms with Gasteiger partial charge in [0.2, 0.25) is 10.0 Å². The molecule has 0 unspecified atom stereocenters. The van der Waals surface area contributed by atoms with E-state index in [1.807, 2.05) is 33.8 Å². The molecule has 4 aromatic rings. The summed E-state index contributed by atoms with van der Waals surface area (Å²) in [6, 6.07) is 24.1. The zero-order valence-corrected chi connectivity index (χ0v) is 28.2. The molecule has 0 radical (unpaired) electrons. The number of benzene rings is 4. The minimum Gasteiger partial charge on any atom is -0.280 e. The highest BCUT2D eigenvalue weighted by atomic mass is 32.2. The van der Waals surface area contributed by atoms with Gasteiger partial charge in [0.25, 0.3) is 21.8 Å². The van der Waals surface area contributed by atoms with Crippen molar-refractivity contribution in [1.29, 1.82) is 0 Å². The average Bonchev–Trinajstić information content (AvgIpc) is 2.99. The molecule has 0 saturated heterocycles. The first kappa shape index (κ1) is 34.4. The van der Waals surface area contributed by atoms with Gasteiger partial charge in [-0.25, -0.2) is 16.8 Å². The van der Waals surface area contributed by atoms with Crippen molar-refractivity contribution in [3.8, 4) is 0 Å². The monoisotopic (exact) mass is 662 g/mol. The lowest BCUT2D eigenvalue weighted by atomic mass is 9.87. The fourth-order valence-electron chi connectivity index (χ4n) is 4.54. The topological polar surface area (TPSA) is 142 Å². The summed E-state index contributed by atoms with van der Waals surface area (Å²) in [5.41, 5.74) is 8.06. The van der Waals surface area contributed by atoms with Crippen molar-refractivity contribution in [2.75, 3.05) is 11.8 Å². The number of nitrogens with zero attached hydrogens (tertiary/aromatic N) is 1. The van der Waals surface area contributed by atoms with Crippen LogP contribution in [0.5, 0.6) is 0 Å². The van der Waals surface area contributed by atoms with Crippen LogP contribution in [0.1, 0.15) is 63.7 Å². The average molecular weight is 663 g/mol. The first-order valence-electron chi connectivity index (χ1n) is 14.4. The minimum atomic E-state index is -3.95.